The number of nitrogens with zero attached hydrogens (tertiary/aromatic N) is 1. The first-order chi connectivity index (χ1) is 12.8. The number of amides is 1. The standard InChI is InChI=1S/C18H20ClFN2O3S2/c1-3-22(4-2)27(24,25)15-7-5-6-13(10-15)21-18(23)12-26-14-8-9-17(20)16(19)11-14/h5-11H,3-4,12H2,1-2H3,(H,21,23). The van der Waals surface area contributed by atoms with E-state index in [9.17, 15) is 17.6 Å². The highest BCUT2D eigenvalue weighted by Gasteiger charge is 2.21. The summed E-state index contributed by atoms with van der Waals surface area (Å²) in [4.78, 5) is 12.9. The van der Waals surface area contributed by atoms with Gasteiger partial charge in [-0.1, -0.05) is 31.5 Å². The van der Waals surface area contributed by atoms with E-state index in [1.165, 1.54) is 46.4 Å². The molecule has 2 rings (SSSR count). The zero-order valence-corrected chi connectivity index (χ0v) is 17.3. The Balaban J connectivity index is 2.05. The SMILES string of the molecule is CCN(CC)S(=O)(=O)c1cccc(NC(=O)CSc2ccc(F)c(Cl)c2)c1. The summed E-state index contributed by atoms with van der Waals surface area (Å²) in [5.41, 5.74) is 0.394. The predicted octanol–water partition coefficient (Wildman–Crippen LogP) is 4.24. The van der Waals surface area contributed by atoms with Gasteiger partial charge in [-0.15, -0.1) is 11.8 Å². The fourth-order valence-corrected chi connectivity index (χ4v) is 4.84. The van der Waals surface area contributed by atoms with E-state index in [4.69, 9.17) is 11.6 Å². The number of hydrogen-bond acceptors (Lipinski definition) is 4. The third-order valence-electron chi connectivity index (χ3n) is 3.72. The van der Waals surface area contributed by atoms with Crippen LogP contribution in [0, 0.1) is 5.82 Å². The molecule has 0 saturated heterocycles. The van der Waals surface area contributed by atoms with Crippen LogP contribution < -0.4 is 5.32 Å². The molecule has 146 valence electrons. The summed E-state index contributed by atoms with van der Waals surface area (Å²) in [5, 5.41) is 2.67. The summed E-state index contributed by atoms with van der Waals surface area (Å²) in [5.74, 6) is -0.746. The smallest absolute Gasteiger partial charge is 0.243 e. The molecule has 1 amide bonds. The fraction of sp³-hybridized carbons (Fsp3) is 0.278. The molecule has 2 aromatic carbocycles. The van der Waals surface area contributed by atoms with Crippen molar-refractivity contribution in [2.75, 3.05) is 24.2 Å². The zero-order chi connectivity index (χ0) is 20.0. The minimum atomic E-state index is -3.60. The molecular formula is C18H20ClFN2O3S2. The maximum atomic E-state index is 13.2. The molecule has 9 heteroatoms. The van der Waals surface area contributed by atoms with E-state index in [0.717, 1.165) is 0 Å². The molecule has 0 aromatic heterocycles. The Bertz CT molecular complexity index is 919. The third-order valence-corrected chi connectivity index (χ3v) is 7.05. The molecule has 0 radical (unpaired) electrons. The molecule has 0 atom stereocenters. The molecule has 5 nitrogen and oxygen atoms in total. The summed E-state index contributed by atoms with van der Waals surface area (Å²) in [6.45, 7) is 4.27. The molecule has 2 aromatic rings. The maximum absolute atomic E-state index is 13.2. The van der Waals surface area contributed by atoms with Crippen LogP contribution in [0.3, 0.4) is 0 Å². The van der Waals surface area contributed by atoms with Gasteiger partial charge >= 0.3 is 0 Å². The fourth-order valence-electron chi connectivity index (χ4n) is 2.36. The first-order valence-electron chi connectivity index (χ1n) is 8.25. The molecule has 27 heavy (non-hydrogen) atoms. The summed E-state index contributed by atoms with van der Waals surface area (Å²) >= 11 is 6.92. The van der Waals surface area contributed by atoms with Crippen LogP contribution in [0.1, 0.15) is 13.8 Å². The number of rotatable bonds is 8. The van der Waals surface area contributed by atoms with Gasteiger partial charge in [0.1, 0.15) is 5.82 Å². The Morgan fingerprint density at radius 1 is 1.19 bits per heavy atom. The average Bonchev–Trinajstić information content (AvgIpc) is 2.64. The van der Waals surface area contributed by atoms with Crippen molar-refractivity contribution < 1.29 is 17.6 Å². The van der Waals surface area contributed by atoms with Gasteiger partial charge in [0.2, 0.25) is 15.9 Å². The highest BCUT2D eigenvalue weighted by molar-refractivity contribution is 8.00. The Morgan fingerprint density at radius 2 is 1.89 bits per heavy atom. The lowest BCUT2D eigenvalue weighted by Gasteiger charge is -2.18. The van der Waals surface area contributed by atoms with Crippen molar-refractivity contribution in [3.05, 3.63) is 53.3 Å². The molecule has 0 saturated carbocycles. The number of nitrogens with one attached hydrogen (secondary N) is 1. The van der Waals surface area contributed by atoms with E-state index in [1.807, 2.05) is 0 Å². The van der Waals surface area contributed by atoms with Gasteiger partial charge in [-0.05, 0) is 36.4 Å². The molecule has 1 N–H and O–H groups in total. The number of halogens is 2. The van der Waals surface area contributed by atoms with Gasteiger partial charge in [0, 0.05) is 23.7 Å². The molecule has 0 aliphatic rings. The van der Waals surface area contributed by atoms with Crippen molar-refractivity contribution in [2.45, 2.75) is 23.6 Å². The van der Waals surface area contributed by atoms with Crippen molar-refractivity contribution in [1.29, 1.82) is 0 Å². The van der Waals surface area contributed by atoms with Gasteiger partial charge in [-0.3, -0.25) is 4.79 Å². The number of sulfonamides is 1. The van der Waals surface area contributed by atoms with Crippen LogP contribution in [0.4, 0.5) is 10.1 Å². The summed E-state index contributed by atoms with van der Waals surface area (Å²) < 4.78 is 39.6. The van der Waals surface area contributed by atoms with E-state index in [2.05, 4.69) is 5.32 Å². The summed E-state index contributed by atoms with van der Waals surface area (Å²) in [6, 6.07) is 10.4. The summed E-state index contributed by atoms with van der Waals surface area (Å²) in [7, 11) is -3.60. The number of benzene rings is 2. The minimum absolute atomic E-state index is 0.00489. The van der Waals surface area contributed by atoms with Crippen molar-refractivity contribution in [3.63, 3.8) is 0 Å². The Morgan fingerprint density at radius 3 is 2.52 bits per heavy atom. The Kier molecular flexibility index (Phi) is 7.67. The van der Waals surface area contributed by atoms with Crippen LogP contribution >= 0.6 is 23.4 Å². The lowest BCUT2D eigenvalue weighted by molar-refractivity contribution is -0.113. The predicted molar refractivity (Wildman–Crippen MR) is 107 cm³/mol. The second-order valence-electron chi connectivity index (χ2n) is 5.53. The second kappa shape index (κ2) is 9.54. The van der Waals surface area contributed by atoms with Gasteiger partial charge in [0.25, 0.3) is 0 Å². The van der Waals surface area contributed by atoms with E-state index in [0.29, 0.717) is 23.7 Å². The molecule has 0 aliphatic carbocycles. The van der Waals surface area contributed by atoms with E-state index < -0.39 is 15.8 Å². The summed E-state index contributed by atoms with van der Waals surface area (Å²) in [6.07, 6.45) is 0. The minimum Gasteiger partial charge on any atom is -0.325 e. The van der Waals surface area contributed by atoms with E-state index in [1.54, 1.807) is 26.0 Å². The van der Waals surface area contributed by atoms with Gasteiger partial charge < -0.3 is 5.32 Å². The molecule has 0 aliphatic heterocycles. The van der Waals surface area contributed by atoms with Crippen LogP contribution in [-0.4, -0.2) is 37.5 Å². The van der Waals surface area contributed by atoms with Crippen molar-refractivity contribution >= 4 is 45.0 Å². The maximum Gasteiger partial charge on any atom is 0.243 e. The van der Waals surface area contributed by atoms with Gasteiger partial charge in [-0.25, -0.2) is 12.8 Å². The normalized spacial score (nSPS) is 11.6. The lowest BCUT2D eigenvalue weighted by atomic mass is 10.3. The third kappa shape index (κ3) is 5.68. The van der Waals surface area contributed by atoms with Crippen molar-refractivity contribution in [3.8, 4) is 0 Å². The highest BCUT2D eigenvalue weighted by Crippen LogP contribution is 2.24. The van der Waals surface area contributed by atoms with Crippen LogP contribution in [-0.2, 0) is 14.8 Å². The molecule has 0 bridgehead atoms. The number of hydrogen-bond donors (Lipinski definition) is 1. The molecule has 0 fully saturated rings. The molecule has 0 heterocycles. The van der Waals surface area contributed by atoms with Gasteiger partial charge in [0.05, 0.1) is 15.7 Å². The van der Waals surface area contributed by atoms with Crippen LogP contribution in [0.2, 0.25) is 5.02 Å². The monoisotopic (exact) mass is 430 g/mol. The number of carbonyl (C=O) groups excluding carboxylic acids is 1. The van der Waals surface area contributed by atoms with Crippen LogP contribution in [0.15, 0.2) is 52.3 Å². The van der Waals surface area contributed by atoms with E-state index in [-0.39, 0.29) is 21.6 Å². The van der Waals surface area contributed by atoms with Gasteiger partial charge in [0.15, 0.2) is 0 Å². The molecular weight excluding hydrogens is 411 g/mol. The van der Waals surface area contributed by atoms with Crippen molar-refractivity contribution in [1.82, 2.24) is 4.31 Å². The van der Waals surface area contributed by atoms with Crippen LogP contribution in [0.5, 0.6) is 0 Å². The average molecular weight is 431 g/mol. The first kappa shape index (κ1) is 21.7. The number of anilines is 1. The largest absolute Gasteiger partial charge is 0.325 e. The highest BCUT2D eigenvalue weighted by atomic mass is 35.5. The zero-order valence-electron chi connectivity index (χ0n) is 14.9. The Labute approximate surface area is 168 Å². The lowest BCUT2D eigenvalue weighted by Crippen LogP contribution is -2.30. The first-order valence-corrected chi connectivity index (χ1v) is 11.1. The van der Waals surface area contributed by atoms with E-state index >= 15 is 0 Å². The van der Waals surface area contributed by atoms with Gasteiger partial charge in [-0.2, -0.15) is 4.31 Å². The number of carbonyl (C=O) groups is 1. The van der Waals surface area contributed by atoms with Crippen molar-refractivity contribution in [2.24, 2.45) is 0 Å². The number of thioether (sulfide) groups is 1. The molecule has 0 unspecified atom stereocenters. The second-order valence-corrected chi connectivity index (χ2v) is 8.92. The Hall–Kier alpha value is -1.61. The topological polar surface area (TPSA) is 66.5 Å². The van der Waals surface area contributed by atoms with Crippen LogP contribution in [0.25, 0.3) is 0 Å². The quantitative estimate of drug-likeness (QED) is 0.636. The molecule has 0 spiro atoms.